The number of carbonyl (C=O) groups excluding carboxylic acids is 5. The summed E-state index contributed by atoms with van der Waals surface area (Å²) in [6.07, 6.45) is 2.27. The highest BCUT2D eigenvalue weighted by Gasteiger charge is 2.32. The second-order valence-electron chi connectivity index (χ2n) is 14.5. The first-order chi connectivity index (χ1) is 28.4. The maximum absolute atomic E-state index is 14.1. The molecule has 0 unspecified atom stereocenters. The highest BCUT2D eigenvalue weighted by molar-refractivity contribution is 6.01. The number of halogens is 3. The van der Waals surface area contributed by atoms with Crippen molar-refractivity contribution in [1.82, 2.24) is 21.3 Å². The third kappa shape index (κ3) is 19.8. The van der Waals surface area contributed by atoms with Crippen molar-refractivity contribution >= 4 is 89.4 Å². The molecule has 0 fully saturated rings. The summed E-state index contributed by atoms with van der Waals surface area (Å²) < 4.78 is 10.9. The van der Waals surface area contributed by atoms with Crippen molar-refractivity contribution < 1.29 is 33.4 Å². The number of anilines is 1. The molecule has 0 aliphatic rings. The van der Waals surface area contributed by atoms with Crippen LogP contribution in [-0.2, 0) is 30.5 Å². The number of nitrogens with one attached hydrogen (secondary N) is 5. The van der Waals surface area contributed by atoms with Gasteiger partial charge in [0, 0.05) is 23.7 Å². The largest absolute Gasteiger partial charge is 0.496 e. The Hall–Kier alpha value is -5.07. The molecule has 346 valence electrons. The fraction of sp³-hybridized carbons (Fsp3) is 0.476. The summed E-state index contributed by atoms with van der Waals surface area (Å²) >= 11 is 0. The lowest BCUT2D eigenvalue weighted by atomic mass is 10.0. The lowest BCUT2D eigenvalue weighted by Gasteiger charge is -2.27. The SMILES string of the molecule is COc1cc(NC(=O)[C@H](CCCN=C(N)N)NC(=O)[C@H](CCCCN)NC(=O)[C@H](CCCCN)NC(=O)[C@@H](NC(=O)OCc2ccccc2)C(C)C)cc2ccccc12.Cl.Cl.Cl. The van der Waals surface area contributed by atoms with Crippen molar-refractivity contribution in [1.29, 1.82) is 0 Å². The summed E-state index contributed by atoms with van der Waals surface area (Å²) in [7, 11) is 1.54. The lowest BCUT2D eigenvalue weighted by molar-refractivity contribution is -0.134. The van der Waals surface area contributed by atoms with Crippen molar-refractivity contribution in [3.8, 4) is 5.75 Å². The molecule has 0 spiro atoms. The first-order valence-corrected chi connectivity index (χ1v) is 20.1. The van der Waals surface area contributed by atoms with Gasteiger partial charge < -0.3 is 59.0 Å². The van der Waals surface area contributed by atoms with E-state index >= 15 is 0 Å². The number of unbranched alkanes of at least 4 members (excludes halogenated alkanes) is 2. The summed E-state index contributed by atoms with van der Waals surface area (Å²) in [5, 5.41) is 15.6. The fourth-order valence-corrected chi connectivity index (χ4v) is 6.27. The van der Waals surface area contributed by atoms with E-state index in [1.807, 2.05) is 54.6 Å². The topological polar surface area (TPSA) is 280 Å². The zero-order chi connectivity index (χ0) is 43.2. The smallest absolute Gasteiger partial charge is 0.408 e. The Morgan fingerprint density at radius 2 is 1.19 bits per heavy atom. The van der Waals surface area contributed by atoms with Crippen molar-refractivity contribution in [3.05, 3.63) is 72.3 Å². The van der Waals surface area contributed by atoms with Crippen molar-refractivity contribution in [2.24, 2.45) is 33.8 Å². The van der Waals surface area contributed by atoms with E-state index in [0.29, 0.717) is 56.6 Å². The molecule has 20 heteroatoms. The van der Waals surface area contributed by atoms with Crippen molar-refractivity contribution in [2.75, 3.05) is 32.1 Å². The third-order valence-corrected chi connectivity index (χ3v) is 9.48. The van der Waals surface area contributed by atoms with E-state index in [9.17, 15) is 24.0 Å². The molecule has 0 aliphatic carbocycles. The first kappa shape index (κ1) is 56.9. The molecule has 0 saturated carbocycles. The summed E-state index contributed by atoms with van der Waals surface area (Å²) in [4.78, 5) is 72.3. The molecule has 0 aromatic heterocycles. The maximum atomic E-state index is 14.1. The number of benzene rings is 3. The molecule has 4 atom stereocenters. The van der Waals surface area contributed by atoms with Gasteiger partial charge in [-0.15, -0.1) is 37.2 Å². The number of nitrogens with two attached hydrogens (primary N) is 4. The van der Waals surface area contributed by atoms with E-state index in [-0.39, 0.29) is 81.5 Å². The number of guanidine groups is 1. The molecule has 0 radical (unpaired) electrons. The number of rotatable bonds is 25. The van der Waals surface area contributed by atoms with E-state index in [4.69, 9.17) is 32.4 Å². The number of nitrogens with zero attached hydrogens (tertiary/aromatic N) is 1. The average Bonchev–Trinajstić information content (AvgIpc) is 3.22. The van der Waals surface area contributed by atoms with Gasteiger partial charge in [-0.05, 0) is 87.4 Å². The van der Waals surface area contributed by atoms with Gasteiger partial charge in [-0.2, -0.15) is 0 Å². The normalized spacial score (nSPS) is 12.4. The van der Waals surface area contributed by atoms with Crippen molar-refractivity contribution in [3.63, 3.8) is 0 Å². The summed E-state index contributed by atoms with van der Waals surface area (Å²) in [5.41, 5.74) is 23.7. The minimum absolute atomic E-state index is 0. The molecule has 13 N–H and O–H groups in total. The van der Waals surface area contributed by atoms with Crippen LogP contribution >= 0.6 is 37.2 Å². The molecule has 0 bridgehead atoms. The zero-order valence-electron chi connectivity index (χ0n) is 35.6. The van der Waals surface area contributed by atoms with Crippen LogP contribution in [0.1, 0.15) is 70.8 Å². The van der Waals surface area contributed by atoms with Crippen LogP contribution in [0.15, 0.2) is 71.7 Å². The molecule has 0 aliphatic heterocycles. The van der Waals surface area contributed by atoms with Gasteiger partial charge in [-0.25, -0.2) is 4.79 Å². The standard InChI is InChI=1S/C42H62N10O7.3ClH/c1-27(2)36(52-42(57)59-26-28-14-5-4-6-15-28)40(56)51-33(19-10-12-22-44)39(55)49-32(18-9-11-21-43)38(54)50-34(20-13-23-47-41(45)46)37(53)48-30-24-29-16-7-8-17-31(29)35(25-30)58-3;;;/h4-8,14-17,24-25,27,32-34,36H,9-13,18-23,26,43-44H2,1-3H3,(H,48,53)(H,49,55)(H,50,54)(H,51,56)(H,52,57)(H4,45,46,47);3*1H/t32-,33-,34-,36-;;;/m0.../s1. The summed E-state index contributed by atoms with van der Waals surface area (Å²) in [6.45, 7) is 4.46. The van der Waals surface area contributed by atoms with Crippen LogP contribution in [0.5, 0.6) is 5.75 Å². The molecule has 3 aromatic carbocycles. The number of aliphatic imine (C=N–C) groups is 1. The van der Waals surface area contributed by atoms with Crippen LogP contribution in [0.25, 0.3) is 10.8 Å². The molecule has 3 aromatic rings. The second kappa shape index (κ2) is 30.9. The molecular weight excluding hydrogens is 863 g/mol. The van der Waals surface area contributed by atoms with Crippen LogP contribution in [0.4, 0.5) is 10.5 Å². The Labute approximate surface area is 382 Å². The summed E-state index contributed by atoms with van der Waals surface area (Å²) in [6, 6.07) is 15.9. The van der Waals surface area contributed by atoms with E-state index in [2.05, 4.69) is 31.6 Å². The number of carbonyl (C=O) groups is 5. The number of methoxy groups -OCH3 is 1. The van der Waals surface area contributed by atoms with Gasteiger partial charge in [0.25, 0.3) is 0 Å². The number of amides is 5. The fourth-order valence-electron chi connectivity index (χ4n) is 6.27. The van der Waals surface area contributed by atoms with Gasteiger partial charge in [-0.1, -0.05) is 68.4 Å². The van der Waals surface area contributed by atoms with Crippen LogP contribution in [-0.4, -0.2) is 86.6 Å². The molecule has 0 saturated heterocycles. The van der Waals surface area contributed by atoms with Crippen molar-refractivity contribution in [2.45, 2.75) is 96.0 Å². The Bertz CT molecular complexity index is 1860. The third-order valence-electron chi connectivity index (χ3n) is 9.48. The Balaban J connectivity index is 0.0000124. The molecule has 62 heavy (non-hydrogen) atoms. The predicted molar refractivity (Wildman–Crippen MR) is 251 cm³/mol. The zero-order valence-corrected chi connectivity index (χ0v) is 38.0. The Morgan fingerprint density at radius 1 is 0.661 bits per heavy atom. The highest BCUT2D eigenvalue weighted by Crippen LogP contribution is 2.30. The van der Waals surface area contributed by atoms with Gasteiger partial charge >= 0.3 is 6.09 Å². The van der Waals surface area contributed by atoms with Crippen LogP contribution in [0.2, 0.25) is 0 Å². The first-order valence-electron chi connectivity index (χ1n) is 20.1. The second-order valence-corrected chi connectivity index (χ2v) is 14.5. The number of hydrogen-bond donors (Lipinski definition) is 9. The van der Waals surface area contributed by atoms with Gasteiger partial charge in [-0.3, -0.25) is 24.2 Å². The minimum atomic E-state index is -1.09. The van der Waals surface area contributed by atoms with E-state index in [0.717, 1.165) is 16.3 Å². The van der Waals surface area contributed by atoms with Gasteiger partial charge in [0.15, 0.2) is 5.96 Å². The molecule has 5 amide bonds. The van der Waals surface area contributed by atoms with Gasteiger partial charge in [0.2, 0.25) is 23.6 Å². The van der Waals surface area contributed by atoms with Crippen LogP contribution in [0.3, 0.4) is 0 Å². The molecule has 17 nitrogen and oxygen atoms in total. The van der Waals surface area contributed by atoms with E-state index < -0.39 is 53.9 Å². The van der Waals surface area contributed by atoms with E-state index in [1.165, 1.54) is 7.11 Å². The van der Waals surface area contributed by atoms with Gasteiger partial charge in [0.1, 0.15) is 36.5 Å². The van der Waals surface area contributed by atoms with Crippen LogP contribution < -0.4 is 54.3 Å². The van der Waals surface area contributed by atoms with E-state index in [1.54, 1.807) is 26.0 Å². The minimum Gasteiger partial charge on any atom is -0.496 e. The molecule has 3 rings (SSSR count). The maximum Gasteiger partial charge on any atom is 0.408 e. The number of ether oxygens (including phenoxy) is 2. The van der Waals surface area contributed by atoms with Crippen LogP contribution in [0, 0.1) is 5.92 Å². The predicted octanol–water partition coefficient (Wildman–Crippen LogP) is 3.77. The molecular formula is C42H65Cl3N10O7. The lowest BCUT2D eigenvalue weighted by Crippen LogP contribution is -2.58. The average molecular weight is 928 g/mol. The number of alkyl carbamates (subject to hydrolysis) is 1. The number of hydrogen-bond acceptors (Lipinski definition) is 10. The Kier molecular flexibility index (Phi) is 28.4. The monoisotopic (exact) mass is 926 g/mol. The summed E-state index contributed by atoms with van der Waals surface area (Å²) in [5.74, 6) is -2.25. The number of fused-ring (bicyclic) bond motifs is 1. The quantitative estimate of drug-likeness (QED) is 0.0335. The molecule has 0 heterocycles. The highest BCUT2D eigenvalue weighted by atomic mass is 35.5. The van der Waals surface area contributed by atoms with Gasteiger partial charge in [0.05, 0.1) is 7.11 Å². The Morgan fingerprint density at radius 3 is 1.74 bits per heavy atom.